The summed E-state index contributed by atoms with van der Waals surface area (Å²) in [6, 6.07) is 1.95. The van der Waals surface area contributed by atoms with E-state index >= 15 is 0 Å². The van der Waals surface area contributed by atoms with Gasteiger partial charge in [0.2, 0.25) is 0 Å². The molecule has 3 nitrogen and oxygen atoms in total. The summed E-state index contributed by atoms with van der Waals surface area (Å²) in [6.45, 7) is 0. The largest absolute Gasteiger partial charge is 0.491 e. The molecular weight excluding hydrogens is 300 g/mol. The Kier molecular flexibility index (Phi) is 3.23. The molecular formula is C9H6BrClN2OS. The zero-order valence-electron chi connectivity index (χ0n) is 7.70. The van der Waals surface area contributed by atoms with E-state index in [1.807, 2.05) is 11.4 Å². The SMILES string of the molecule is COc1c(Cl)ncnc1-c1sccc1Br. The first kappa shape index (κ1) is 10.9. The summed E-state index contributed by atoms with van der Waals surface area (Å²) >= 11 is 10.9. The van der Waals surface area contributed by atoms with Crippen LogP contribution in [-0.4, -0.2) is 17.1 Å². The van der Waals surface area contributed by atoms with E-state index in [9.17, 15) is 0 Å². The zero-order valence-corrected chi connectivity index (χ0v) is 10.9. The second kappa shape index (κ2) is 4.47. The van der Waals surface area contributed by atoms with E-state index in [1.54, 1.807) is 18.4 Å². The Hall–Kier alpha value is -0.650. The molecule has 15 heavy (non-hydrogen) atoms. The van der Waals surface area contributed by atoms with Crippen LogP contribution in [0.4, 0.5) is 0 Å². The maximum atomic E-state index is 5.91. The molecule has 0 aromatic carbocycles. The average molecular weight is 306 g/mol. The highest BCUT2D eigenvalue weighted by molar-refractivity contribution is 9.10. The molecule has 0 aliphatic carbocycles. The summed E-state index contributed by atoms with van der Waals surface area (Å²) in [5.41, 5.74) is 0.708. The number of rotatable bonds is 2. The Morgan fingerprint density at radius 1 is 1.47 bits per heavy atom. The zero-order chi connectivity index (χ0) is 10.8. The van der Waals surface area contributed by atoms with Crippen LogP contribution in [-0.2, 0) is 0 Å². The van der Waals surface area contributed by atoms with E-state index in [0.717, 1.165) is 9.35 Å². The molecule has 2 rings (SSSR count). The summed E-state index contributed by atoms with van der Waals surface area (Å²) < 4.78 is 6.16. The van der Waals surface area contributed by atoms with Crippen molar-refractivity contribution in [3.8, 4) is 16.3 Å². The molecule has 0 N–H and O–H groups in total. The van der Waals surface area contributed by atoms with Crippen molar-refractivity contribution in [2.45, 2.75) is 0 Å². The van der Waals surface area contributed by atoms with E-state index in [4.69, 9.17) is 16.3 Å². The molecule has 2 aromatic heterocycles. The minimum atomic E-state index is 0.322. The fraction of sp³-hybridized carbons (Fsp3) is 0.111. The van der Waals surface area contributed by atoms with Gasteiger partial charge in [-0.3, -0.25) is 0 Å². The van der Waals surface area contributed by atoms with Crippen molar-refractivity contribution in [1.29, 1.82) is 0 Å². The Balaban J connectivity index is 2.63. The number of nitrogens with zero attached hydrogens (tertiary/aromatic N) is 2. The first-order chi connectivity index (χ1) is 7.24. The van der Waals surface area contributed by atoms with Gasteiger partial charge in [-0.05, 0) is 27.4 Å². The highest BCUT2D eigenvalue weighted by Crippen LogP contribution is 2.39. The van der Waals surface area contributed by atoms with Crippen LogP contribution < -0.4 is 4.74 Å². The van der Waals surface area contributed by atoms with Crippen LogP contribution in [0.5, 0.6) is 5.75 Å². The number of aromatic nitrogens is 2. The molecule has 0 amide bonds. The molecule has 0 fully saturated rings. The highest BCUT2D eigenvalue weighted by Gasteiger charge is 2.15. The second-order valence-electron chi connectivity index (χ2n) is 2.64. The van der Waals surface area contributed by atoms with E-state index in [2.05, 4.69) is 25.9 Å². The minimum Gasteiger partial charge on any atom is -0.491 e. The first-order valence-electron chi connectivity index (χ1n) is 4.02. The highest BCUT2D eigenvalue weighted by atomic mass is 79.9. The molecule has 0 radical (unpaired) electrons. The molecule has 2 aromatic rings. The van der Waals surface area contributed by atoms with E-state index in [0.29, 0.717) is 16.6 Å². The fourth-order valence-electron chi connectivity index (χ4n) is 1.16. The normalized spacial score (nSPS) is 10.3. The van der Waals surface area contributed by atoms with Crippen LogP contribution in [0.25, 0.3) is 10.6 Å². The lowest BCUT2D eigenvalue weighted by Gasteiger charge is -2.06. The summed E-state index contributed by atoms with van der Waals surface area (Å²) in [5.74, 6) is 0.502. The lowest BCUT2D eigenvalue weighted by Crippen LogP contribution is -1.93. The van der Waals surface area contributed by atoms with Gasteiger partial charge in [-0.15, -0.1) is 11.3 Å². The van der Waals surface area contributed by atoms with Gasteiger partial charge in [-0.25, -0.2) is 9.97 Å². The van der Waals surface area contributed by atoms with Crippen molar-refractivity contribution in [2.24, 2.45) is 0 Å². The monoisotopic (exact) mass is 304 g/mol. The minimum absolute atomic E-state index is 0.322. The lowest BCUT2D eigenvalue weighted by atomic mass is 10.3. The van der Waals surface area contributed by atoms with Gasteiger partial charge in [0, 0.05) is 4.47 Å². The van der Waals surface area contributed by atoms with Gasteiger partial charge < -0.3 is 4.74 Å². The summed E-state index contributed by atoms with van der Waals surface area (Å²) in [7, 11) is 1.55. The quantitative estimate of drug-likeness (QED) is 0.795. The number of methoxy groups -OCH3 is 1. The predicted octanol–water partition coefficient (Wildman–Crippen LogP) is 3.63. The number of hydrogen-bond acceptors (Lipinski definition) is 4. The molecule has 0 saturated heterocycles. The molecule has 0 unspecified atom stereocenters. The maximum absolute atomic E-state index is 5.91. The van der Waals surface area contributed by atoms with Crippen molar-refractivity contribution in [2.75, 3.05) is 7.11 Å². The third-order valence-corrected chi connectivity index (χ3v) is 3.91. The number of halogens is 2. The van der Waals surface area contributed by atoms with Crippen LogP contribution in [0.2, 0.25) is 5.15 Å². The molecule has 2 heterocycles. The van der Waals surface area contributed by atoms with Gasteiger partial charge in [-0.1, -0.05) is 11.6 Å². The molecule has 0 spiro atoms. The fourth-order valence-corrected chi connectivity index (χ4v) is 2.92. The maximum Gasteiger partial charge on any atom is 0.183 e. The predicted molar refractivity (Wildman–Crippen MR) is 64.6 cm³/mol. The van der Waals surface area contributed by atoms with Gasteiger partial charge in [0.1, 0.15) is 12.0 Å². The van der Waals surface area contributed by atoms with Crippen LogP contribution in [0, 0.1) is 0 Å². The van der Waals surface area contributed by atoms with Gasteiger partial charge in [0.15, 0.2) is 10.9 Å². The Morgan fingerprint density at radius 3 is 2.87 bits per heavy atom. The van der Waals surface area contributed by atoms with Crippen LogP contribution in [0.15, 0.2) is 22.2 Å². The van der Waals surface area contributed by atoms with Crippen molar-refractivity contribution < 1.29 is 4.74 Å². The summed E-state index contributed by atoms with van der Waals surface area (Å²) in [5, 5.41) is 2.29. The topological polar surface area (TPSA) is 35.0 Å². The lowest BCUT2D eigenvalue weighted by molar-refractivity contribution is 0.413. The second-order valence-corrected chi connectivity index (χ2v) is 4.77. The van der Waals surface area contributed by atoms with Crippen molar-refractivity contribution in [1.82, 2.24) is 9.97 Å². The van der Waals surface area contributed by atoms with Gasteiger partial charge >= 0.3 is 0 Å². The number of hydrogen-bond donors (Lipinski definition) is 0. The molecule has 0 bridgehead atoms. The van der Waals surface area contributed by atoms with Crippen molar-refractivity contribution in [3.63, 3.8) is 0 Å². The van der Waals surface area contributed by atoms with Gasteiger partial charge in [0.05, 0.1) is 12.0 Å². The summed E-state index contributed by atoms with van der Waals surface area (Å²) in [4.78, 5) is 9.02. The Morgan fingerprint density at radius 2 is 2.27 bits per heavy atom. The third-order valence-electron chi connectivity index (χ3n) is 1.80. The van der Waals surface area contributed by atoms with Crippen LogP contribution >= 0.6 is 38.9 Å². The summed E-state index contributed by atoms with van der Waals surface area (Å²) in [6.07, 6.45) is 1.42. The Labute approximate surface area is 104 Å². The molecule has 0 saturated carbocycles. The molecule has 0 aliphatic heterocycles. The third kappa shape index (κ3) is 2.00. The molecule has 0 atom stereocenters. The van der Waals surface area contributed by atoms with E-state index in [1.165, 1.54) is 6.33 Å². The van der Waals surface area contributed by atoms with Gasteiger partial charge in [0.25, 0.3) is 0 Å². The standard InChI is InChI=1S/C9H6BrClN2OS/c1-14-7-6(12-4-13-9(7)11)8-5(10)2-3-15-8/h2-4H,1H3. The first-order valence-corrected chi connectivity index (χ1v) is 6.07. The smallest absolute Gasteiger partial charge is 0.183 e. The number of thiophene rings is 1. The molecule has 0 aliphatic rings. The Bertz CT molecular complexity index is 489. The van der Waals surface area contributed by atoms with E-state index in [-0.39, 0.29) is 0 Å². The van der Waals surface area contributed by atoms with Crippen LogP contribution in [0.3, 0.4) is 0 Å². The van der Waals surface area contributed by atoms with Gasteiger partial charge in [-0.2, -0.15) is 0 Å². The van der Waals surface area contributed by atoms with Crippen molar-refractivity contribution >= 4 is 38.9 Å². The average Bonchev–Trinajstić information content (AvgIpc) is 2.64. The molecule has 78 valence electrons. The number of ether oxygens (including phenoxy) is 1. The van der Waals surface area contributed by atoms with Crippen LogP contribution in [0.1, 0.15) is 0 Å². The molecule has 6 heteroatoms. The van der Waals surface area contributed by atoms with E-state index < -0.39 is 0 Å². The van der Waals surface area contributed by atoms with Crippen molar-refractivity contribution in [3.05, 3.63) is 27.4 Å².